The predicted octanol–water partition coefficient (Wildman–Crippen LogP) is 0.896. The van der Waals surface area contributed by atoms with Crippen LogP contribution in [0.4, 0.5) is 0 Å². The molecule has 0 spiro atoms. The number of hydrogen-bond donors (Lipinski definition) is 3. The normalized spacial score (nSPS) is 16.0. The Balaban J connectivity index is 3.98. The van der Waals surface area contributed by atoms with Gasteiger partial charge in [0.15, 0.2) is 0 Å². The number of hydrogen-bond acceptors (Lipinski definition) is 3. The van der Waals surface area contributed by atoms with Crippen LogP contribution in [-0.4, -0.2) is 35.2 Å². The Morgan fingerprint density at radius 3 is 2.12 bits per heavy atom. The quantitative estimate of drug-likeness (QED) is 0.657. The molecule has 2 atom stereocenters. The summed E-state index contributed by atoms with van der Waals surface area (Å²) in [6, 6.07) is -0.285. The van der Waals surface area contributed by atoms with Crippen LogP contribution in [0.25, 0.3) is 0 Å². The van der Waals surface area contributed by atoms with Gasteiger partial charge in [0.2, 0.25) is 5.91 Å². The summed E-state index contributed by atoms with van der Waals surface area (Å²) in [6.07, 6.45) is -0.412. The summed E-state index contributed by atoms with van der Waals surface area (Å²) in [5.41, 5.74) is -0.219. The number of carbonyl (C=O) groups excluding carboxylic acids is 1. The van der Waals surface area contributed by atoms with E-state index in [1.165, 1.54) is 0 Å². The summed E-state index contributed by atoms with van der Waals surface area (Å²) in [6.45, 7) is 12.0. The fourth-order valence-electron chi connectivity index (χ4n) is 1.10. The Labute approximate surface area is 98.8 Å². The second kappa shape index (κ2) is 6.21. The van der Waals surface area contributed by atoms with Gasteiger partial charge in [-0.1, -0.05) is 13.8 Å². The minimum absolute atomic E-state index is 0.0385. The average Bonchev–Trinajstić information content (AvgIpc) is 2.10. The fourth-order valence-corrected chi connectivity index (χ4v) is 1.10. The number of carbonyl (C=O) groups is 1. The van der Waals surface area contributed by atoms with Crippen LogP contribution in [0.1, 0.15) is 41.5 Å². The van der Waals surface area contributed by atoms with Crippen molar-refractivity contribution in [2.45, 2.75) is 59.2 Å². The molecule has 2 unspecified atom stereocenters. The second-order valence-electron chi connectivity index (χ2n) is 5.68. The predicted molar refractivity (Wildman–Crippen MR) is 66.2 cm³/mol. The molecule has 16 heavy (non-hydrogen) atoms. The van der Waals surface area contributed by atoms with Crippen molar-refractivity contribution in [1.29, 1.82) is 0 Å². The molecule has 0 aliphatic rings. The zero-order valence-corrected chi connectivity index (χ0v) is 11.3. The van der Waals surface area contributed by atoms with Gasteiger partial charge >= 0.3 is 0 Å². The van der Waals surface area contributed by atoms with Gasteiger partial charge in [-0.2, -0.15) is 0 Å². The van der Waals surface area contributed by atoms with Gasteiger partial charge in [-0.05, 0) is 33.6 Å². The van der Waals surface area contributed by atoms with Gasteiger partial charge in [-0.15, -0.1) is 0 Å². The van der Waals surface area contributed by atoms with Gasteiger partial charge in [0, 0.05) is 12.1 Å². The van der Waals surface area contributed by atoms with Crippen LogP contribution < -0.4 is 10.6 Å². The molecule has 0 aliphatic heterocycles. The summed E-state index contributed by atoms with van der Waals surface area (Å²) < 4.78 is 0. The topological polar surface area (TPSA) is 61.4 Å². The lowest BCUT2D eigenvalue weighted by Crippen LogP contribution is -2.51. The molecule has 1 amide bonds. The highest BCUT2D eigenvalue weighted by Crippen LogP contribution is 2.01. The highest BCUT2D eigenvalue weighted by Gasteiger charge is 2.19. The number of nitrogens with one attached hydrogen (secondary N) is 2. The number of amides is 1. The van der Waals surface area contributed by atoms with Gasteiger partial charge in [-0.3, -0.25) is 4.79 Å². The molecule has 96 valence electrons. The molecule has 3 N–H and O–H groups in total. The average molecular weight is 230 g/mol. The standard InChI is InChI=1S/C12H26N2O2/c1-8(2)10(15)7-13-9(3)11(16)14-12(4,5)6/h8-10,13,15H,7H2,1-6H3,(H,14,16). The molecule has 0 heterocycles. The van der Waals surface area contributed by atoms with Crippen LogP contribution in [0.15, 0.2) is 0 Å². The van der Waals surface area contributed by atoms with Crippen molar-refractivity contribution in [2.75, 3.05) is 6.54 Å². The molecule has 0 aromatic heterocycles. The van der Waals surface area contributed by atoms with Crippen molar-refractivity contribution in [3.05, 3.63) is 0 Å². The first-order valence-corrected chi connectivity index (χ1v) is 5.87. The molecule has 0 bridgehead atoms. The van der Waals surface area contributed by atoms with Crippen LogP contribution in [0.5, 0.6) is 0 Å². The van der Waals surface area contributed by atoms with E-state index in [4.69, 9.17) is 0 Å². The van der Waals surface area contributed by atoms with Crippen LogP contribution in [0.2, 0.25) is 0 Å². The van der Waals surface area contributed by atoms with Crippen molar-refractivity contribution >= 4 is 5.91 Å². The second-order valence-corrected chi connectivity index (χ2v) is 5.68. The Morgan fingerprint density at radius 2 is 1.75 bits per heavy atom. The minimum atomic E-state index is -0.412. The maximum absolute atomic E-state index is 11.7. The lowest BCUT2D eigenvalue weighted by atomic mass is 10.1. The van der Waals surface area contributed by atoms with Gasteiger partial charge in [0.1, 0.15) is 0 Å². The Kier molecular flexibility index (Phi) is 5.97. The van der Waals surface area contributed by atoms with E-state index < -0.39 is 6.10 Å². The molecule has 0 radical (unpaired) electrons. The zero-order chi connectivity index (χ0) is 12.9. The molecule has 0 aromatic carbocycles. The maximum Gasteiger partial charge on any atom is 0.237 e. The molecule has 0 fully saturated rings. The third-order valence-corrected chi connectivity index (χ3v) is 2.29. The SMILES string of the molecule is CC(NCC(O)C(C)C)C(=O)NC(C)(C)C. The maximum atomic E-state index is 11.7. The van der Waals surface area contributed by atoms with Gasteiger partial charge in [0.25, 0.3) is 0 Å². The molecular formula is C12H26N2O2. The van der Waals surface area contributed by atoms with Gasteiger partial charge in [-0.25, -0.2) is 0 Å². The smallest absolute Gasteiger partial charge is 0.237 e. The van der Waals surface area contributed by atoms with Crippen molar-refractivity contribution < 1.29 is 9.90 Å². The van der Waals surface area contributed by atoms with Gasteiger partial charge < -0.3 is 15.7 Å². The molecule has 0 aromatic rings. The van der Waals surface area contributed by atoms with E-state index in [1.54, 1.807) is 6.92 Å². The fraction of sp³-hybridized carbons (Fsp3) is 0.917. The zero-order valence-electron chi connectivity index (χ0n) is 11.3. The van der Waals surface area contributed by atoms with E-state index in [9.17, 15) is 9.90 Å². The van der Waals surface area contributed by atoms with E-state index >= 15 is 0 Å². The molecule has 4 nitrogen and oxygen atoms in total. The van der Waals surface area contributed by atoms with Crippen molar-refractivity contribution in [2.24, 2.45) is 5.92 Å². The summed E-state index contributed by atoms with van der Waals surface area (Å²) >= 11 is 0. The first-order chi connectivity index (χ1) is 7.13. The Hall–Kier alpha value is -0.610. The minimum Gasteiger partial charge on any atom is -0.392 e. The van der Waals surface area contributed by atoms with Gasteiger partial charge in [0.05, 0.1) is 12.1 Å². The van der Waals surface area contributed by atoms with Crippen molar-refractivity contribution in [3.63, 3.8) is 0 Å². The molecule has 4 heteroatoms. The highest BCUT2D eigenvalue weighted by molar-refractivity contribution is 5.81. The summed E-state index contributed by atoms with van der Waals surface area (Å²) in [5, 5.41) is 15.5. The van der Waals surface area contributed by atoms with Crippen molar-refractivity contribution in [1.82, 2.24) is 10.6 Å². The molecule has 0 aliphatic carbocycles. The van der Waals surface area contributed by atoms with E-state index in [1.807, 2.05) is 34.6 Å². The van der Waals surface area contributed by atoms with Crippen LogP contribution >= 0.6 is 0 Å². The Morgan fingerprint density at radius 1 is 1.25 bits per heavy atom. The molecule has 0 saturated heterocycles. The van der Waals surface area contributed by atoms with Crippen LogP contribution in [0.3, 0.4) is 0 Å². The van der Waals surface area contributed by atoms with Crippen LogP contribution in [0, 0.1) is 5.92 Å². The molecule has 0 saturated carbocycles. The van der Waals surface area contributed by atoms with E-state index in [-0.39, 0.29) is 23.4 Å². The highest BCUT2D eigenvalue weighted by atomic mass is 16.3. The molecular weight excluding hydrogens is 204 g/mol. The van der Waals surface area contributed by atoms with Crippen molar-refractivity contribution in [3.8, 4) is 0 Å². The van der Waals surface area contributed by atoms with E-state index in [0.29, 0.717) is 6.54 Å². The van der Waals surface area contributed by atoms with E-state index in [2.05, 4.69) is 10.6 Å². The van der Waals surface area contributed by atoms with E-state index in [0.717, 1.165) is 0 Å². The monoisotopic (exact) mass is 230 g/mol. The summed E-state index contributed by atoms with van der Waals surface area (Å²) in [4.78, 5) is 11.7. The summed E-state index contributed by atoms with van der Waals surface area (Å²) in [5.74, 6) is 0.161. The lowest BCUT2D eigenvalue weighted by Gasteiger charge is -2.24. The first-order valence-electron chi connectivity index (χ1n) is 5.87. The Bertz CT molecular complexity index is 222. The van der Waals surface area contributed by atoms with Crippen LogP contribution in [-0.2, 0) is 4.79 Å². The molecule has 0 rings (SSSR count). The number of aliphatic hydroxyl groups is 1. The summed E-state index contributed by atoms with van der Waals surface area (Å²) in [7, 11) is 0. The lowest BCUT2D eigenvalue weighted by molar-refractivity contribution is -0.124. The number of aliphatic hydroxyl groups excluding tert-OH is 1. The third-order valence-electron chi connectivity index (χ3n) is 2.29. The largest absolute Gasteiger partial charge is 0.392 e. The third kappa shape index (κ3) is 6.80. The first kappa shape index (κ1) is 15.4. The number of rotatable bonds is 5.